The van der Waals surface area contributed by atoms with Crippen LogP contribution >= 0.6 is 0 Å². The molecule has 4 aliphatic rings. The first kappa shape index (κ1) is 30.4. The van der Waals surface area contributed by atoms with Crippen molar-refractivity contribution in [2.45, 2.75) is 69.6 Å². The van der Waals surface area contributed by atoms with E-state index in [0.29, 0.717) is 64.8 Å². The van der Waals surface area contributed by atoms with Crippen LogP contribution in [0, 0.1) is 11.6 Å². The molecule has 0 saturated carbocycles. The van der Waals surface area contributed by atoms with Gasteiger partial charge in [0.2, 0.25) is 5.88 Å². The molecule has 9 nitrogen and oxygen atoms in total. The summed E-state index contributed by atoms with van der Waals surface area (Å²) in [5, 5.41) is 1.59. The number of benzene rings is 2. The molecule has 0 spiro atoms. The van der Waals surface area contributed by atoms with Crippen LogP contribution in [0.25, 0.3) is 32.9 Å². The van der Waals surface area contributed by atoms with Gasteiger partial charge in [-0.15, -0.1) is 0 Å². The number of aryl methyl sites for hydroxylation is 1. The number of ether oxygens (including phenoxy) is 4. The predicted octanol–water partition coefficient (Wildman–Crippen LogP) is 6.37. The van der Waals surface area contributed by atoms with Gasteiger partial charge in [-0.25, -0.2) is 18.2 Å². The van der Waals surface area contributed by atoms with E-state index in [0.717, 1.165) is 45.2 Å². The van der Waals surface area contributed by atoms with E-state index in [9.17, 15) is 4.39 Å². The summed E-state index contributed by atoms with van der Waals surface area (Å²) < 4.78 is 70.5. The van der Waals surface area contributed by atoms with Crippen LogP contribution in [0.1, 0.15) is 51.0 Å². The van der Waals surface area contributed by atoms with Crippen LogP contribution in [0.2, 0.25) is 0 Å². The zero-order valence-corrected chi connectivity index (χ0v) is 26.7. The molecule has 47 heavy (non-hydrogen) atoms. The summed E-state index contributed by atoms with van der Waals surface area (Å²) in [5.74, 6) is 0.0806. The van der Waals surface area contributed by atoms with E-state index < -0.39 is 17.5 Å². The molecule has 0 unspecified atom stereocenters. The molecule has 2 aromatic carbocycles. The number of fused-ring (bicyclic) bond motifs is 4. The number of pyridine rings is 1. The van der Waals surface area contributed by atoms with Crippen molar-refractivity contribution in [3.8, 4) is 28.9 Å². The first-order valence-corrected chi connectivity index (χ1v) is 16.6. The zero-order chi connectivity index (χ0) is 32.3. The third-order valence-corrected chi connectivity index (χ3v) is 10.3. The van der Waals surface area contributed by atoms with Crippen molar-refractivity contribution in [2.75, 3.05) is 51.7 Å². The first-order valence-electron chi connectivity index (χ1n) is 16.6. The minimum Gasteiger partial charge on any atom is -0.475 e. The van der Waals surface area contributed by atoms with Crippen LogP contribution in [0.4, 0.5) is 19.0 Å². The molecule has 3 fully saturated rings. The summed E-state index contributed by atoms with van der Waals surface area (Å²) in [7, 11) is 1.51. The van der Waals surface area contributed by atoms with Gasteiger partial charge in [0.05, 0.1) is 11.6 Å². The highest BCUT2D eigenvalue weighted by Crippen LogP contribution is 2.45. The van der Waals surface area contributed by atoms with Crippen LogP contribution in [0.5, 0.6) is 17.6 Å². The molecular weight excluding hydrogens is 611 g/mol. The molecular formula is C35H38F3N5O4. The fraction of sp³-hybridized carbons (Fsp3) is 0.514. The van der Waals surface area contributed by atoms with Gasteiger partial charge >= 0.3 is 6.01 Å². The van der Waals surface area contributed by atoms with Crippen molar-refractivity contribution >= 4 is 27.5 Å². The second kappa shape index (κ2) is 12.0. The van der Waals surface area contributed by atoms with E-state index in [-0.39, 0.29) is 48.4 Å². The Morgan fingerprint density at radius 3 is 2.79 bits per heavy atom. The van der Waals surface area contributed by atoms with Gasteiger partial charge in [-0.05, 0) is 79.6 Å². The monoisotopic (exact) mass is 649 g/mol. The Morgan fingerprint density at radius 2 is 1.94 bits per heavy atom. The lowest BCUT2D eigenvalue weighted by Gasteiger charge is -2.35. The molecule has 2 aromatic heterocycles. The van der Waals surface area contributed by atoms with Gasteiger partial charge < -0.3 is 23.8 Å². The first-order chi connectivity index (χ1) is 22.9. The zero-order valence-electron chi connectivity index (χ0n) is 26.7. The number of rotatable bonds is 8. The van der Waals surface area contributed by atoms with Crippen molar-refractivity contribution in [3.05, 3.63) is 41.5 Å². The fourth-order valence-corrected chi connectivity index (χ4v) is 8.16. The smallest absolute Gasteiger partial charge is 0.319 e. The normalized spacial score (nSPS) is 23.9. The SMILES string of the molecule is CCc1c(F)ccc2cc(OCOC)cc(-c3nc4c5c(nc(OC[C@@]67CCCN6C[C@H](F)C7)nc5c3F)N3CCCC[C@H]3CO4)c12. The van der Waals surface area contributed by atoms with Crippen LogP contribution < -0.4 is 19.1 Å². The van der Waals surface area contributed by atoms with E-state index in [1.165, 1.54) is 13.2 Å². The molecule has 0 amide bonds. The molecule has 0 aliphatic carbocycles. The third kappa shape index (κ3) is 5.11. The van der Waals surface area contributed by atoms with Gasteiger partial charge in [0, 0.05) is 32.2 Å². The van der Waals surface area contributed by atoms with Crippen molar-refractivity contribution in [1.82, 2.24) is 19.9 Å². The average molecular weight is 650 g/mol. The third-order valence-electron chi connectivity index (χ3n) is 10.3. The van der Waals surface area contributed by atoms with Crippen molar-refractivity contribution in [1.29, 1.82) is 0 Å². The number of halogens is 3. The highest BCUT2D eigenvalue weighted by Gasteiger charge is 2.49. The quantitative estimate of drug-likeness (QED) is 0.202. The second-order valence-corrected chi connectivity index (χ2v) is 13.2. The number of alkyl halides is 1. The number of aromatic nitrogens is 3. The maximum absolute atomic E-state index is 17.2. The predicted molar refractivity (Wildman–Crippen MR) is 171 cm³/mol. The van der Waals surface area contributed by atoms with Gasteiger partial charge in [0.25, 0.3) is 0 Å². The number of hydrogen-bond donors (Lipinski definition) is 0. The number of piperidine rings is 1. The number of nitrogens with zero attached hydrogens (tertiary/aromatic N) is 5. The summed E-state index contributed by atoms with van der Waals surface area (Å²) >= 11 is 0. The summed E-state index contributed by atoms with van der Waals surface area (Å²) in [6, 6.07) is 6.55. The maximum atomic E-state index is 17.2. The lowest BCUT2D eigenvalue weighted by molar-refractivity contribution is 0.0512. The minimum absolute atomic E-state index is 0.0117. The fourth-order valence-electron chi connectivity index (χ4n) is 8.16. The van der Waals surface area contributed by atoms with Gasteiger partial charge in [0.15, 0.2) is 12.6 Å². The number of anilines is 1. The van der Waals surface area contributed by atoms with E-state index in [1.807, 2.05) is 6.92 Å². The Kier molecular flexibility index (Phi) is 7.75. The van der Waals surface area contributed by atoms with Gasteiger partial charge in [-0.3, -0.25) is 4.90 Å². The number of methoxy groups -OCH3 is 1. The Hall–Kier alpha value is -3.90. The van der Waals surface area contributed by atoms with Crippen molar-refractivity contribution < 1.29 is 32.1 Å². The van der Waals surface area contributed by atoms with Crippen molar-refractivity contribution in [2.24, 2.45) is 0 Å². The van der Waals surface area contributed by atoms with Crippen LogP contribution in [-0.2, 0) is 11.2 Å². The van der Waals surface area contributed by atoms with Gasteiger partial charge in [-0.2, -0.15) is 9.97 Å². The lowest BCUT2D eigenvalue weighted by Crippen LogP contribution is -2.44. The summed E-state index contributed by atoms with van der Waals surface area (Å²) in [6.45, 7) is 4.36. The molecule has 12 heteroatoms. The van der Waals surface area contributed by atoms with E-state index >= 15 is 8.78 Å². The Balaban J connectivity index is 1.32. The Labute approximate surface area is 271 Å². The molecule has 3 saturated heterocycles. The van der Waals surface area contributed by atoms with E-state index in [4.69, 9.17) is 28.9 Å². The number of hydrogen-bond acceptors (Lipinski definition) is 9. The molecule has 0 radical (unpaired) electrons. The standard InChI is InChI=1S/C35H38F3N5O4/c1-3-24-26(37)9-8-20-13-23(47-19-44-2)14-25(27(20)24)30-29(38)31-28-32(43-12-5-4-7-22(43)17-45-33(28)39-30)41-34(40-31)46-18-35-10-6-11-42(35)16-21(36)15-35/h8-9,13-14,21-22H,3-7,10-12,15-19H2,1-2H3/t21-,22+,35+/m1/s1. The average Bonchev–Trinajstić information content (AvgIpc) is 3.56. The van der Waals surface area contributed by atoms with E-state index in [1.54, 1.807) is 18.2 Å². The Bertz CT molecular complexity index is 1860. The van der Waals surface area contributed by atoms with E-state index in [2.05, 4.69) is 14.8 Å². The second-order valence-electron chi connectivity index (χ2n) is 13.2. The molecule has 0 bridgehead atoms. The molecule has 248 valence electrons. The van der Waals surface area contributed by atoms with Gasteiger partial charge in [-0.1, -0.05) is 13.0 Å². The molecule has 8 rings (SSSR count). The van der Waals surface area contributed by atoms with Crippen LogP contribution in [0.3, 0.4) is 0 Å². The topological polar surface area (TPSA) is 82.1 Å². The molecule has 4 aliphatic heterocycles. The van der Waals surface area contributed by atoms with Crippen LogP contribution in [0.15, 0.2) is 24.3 Å². The summed E-state index contributed by atoms with van der Waals surface area (Å²) in [6.07, 6.45) is 4.57. The largest absolute Gasteiger partial charge is 0.475 e. The Morgan fingerprint density at radius 1 is 1.04 bits per heavy atom. The molecule has 4 aromatic rings. The maximum Gasteiger partial charge on any atom is 0.319 e. The highest BCUT2D eigenvalue weighted by molar-refractivity contribution is 6.03. The summed E-state index contributed by atoms with van der Waals surface area (Å²) in [4.78, 5) is 18.6. The molecule has 6 heterocycles. The van der Waals surface area contributed by atoms with Gasteiger partial charge in [0.1, 0.15) is 53.4 Å². The van der Waals surface area contributed by atoms with Crippen molar-refractivity contribution in [3.63, 3.8) is 0 Å². The molecule has 0 N–H and O–H groups in total. The molecule has 3 atom stereocenters. The minimum atomic E-state index is -0.905. The summed E-state index contributed by atoms with van der Waals surface area (Å²) in [5.41, 5.74) is 0.355. The van der Waals surface area contributed by atoms with Crippen LogP contribution in [-0.4, -0.2) is 84.4 Å². The lowest BCUT2D eigenvalue weighted by atomic mass is 9.94. The highest BCUT2D eigenvalue weighted by atomic mass is 19.1.